The first-order valence-corrected chi connectivity index (χ1v) is 10.6. The molecule has 3 aromatic rings. The molecule has 2 atom stereocenters. The minimum absolute atomic E-state index is 0.227. The predicted molar refractivity (Wildman–Crippen MR) is 116 cm³/mol. The van der Waals surface area contributed by atoms with Crippen molar-refractivity contribution in [1.82, 2.24) is 9.97 Å². The van der Waals surface area contributed by atoms with E-state index in [4.69, 9.17) is 10.7 Å². The first-order chi connectivity index (χ1) is 13.8. The molecule has 0 saturated heterocycles. The van der Waals surface area contributed by atoms with E-state index >= 15 is 0 Å². The lowest BCUT2D eigenvalue weighted by atomic mass is 9.83. The van der Waals surface area contributed by atoms with Crippen molar-refractivity contribution >= 4 is 28.1 Å². The number of hydrogen-bond acceptors (Lipinski definition) is 4. The number of H-pyrrole nitrogens is 1. The summed E-state index contributed by atoms with van der Waals surface area (Å²) in [6, 6.07) is 13.4. The van der Waals surface area contributed by atoms with E-state index in [0.717, 1.165) is 35.6 Å². The van der Waals surface area contributed by atoms with Crippen molar-refractivity contribution < 1.29 is 0 Å². The number of nitrogens with one attached hydrogen (secondary N) is 3. The van der Waals surface area contributed by atoms with E-state index in [0.29, 0.717) is 12.0 Å². The number of hydrogen-bond donors (Lipinski definition) is 4. The Bertz CT molecular complexity index is 959. The molecule has 5 N–H and O–H groups in total. The minimum Gasteiger partial charge on any atom is -0.381 e. The molecule has 2 aromatic heterocycles. The van der Waals surface area contributed by atoms with E-state index in [2.05, 4.69) is 52.0 Å². The van der Waals surface area contributed by atoms with Gasteiger partial charge in [-0.25, -0.2) is 4.98 Å². The zero-order valence-electron chi connectivity index (χ0n) is 16.2. The number of benzene rings is 1. The highest BCUT2D eigenvalue weighted by Gasteiger charge is 2.22. The maximum absolute atomic E-state index is 6.35. The molecule has 0 bridgehead atoms. The van der Waals surface area contributed by atoms with Gasteiger partial charge in [0.25, 0.3) is 0 Å². The second-order valence-electron chi connectivity index (χ2n) is 8.36. The first-order valence-electron chi connectivity index (χ1n) is 10.6. The summed E-state index contributed by atoms with van der Waals surface area (Å²) in [5, 5.41) is 8.42. The largest absolute Gasteiger partial charge is 0.381 e. The predicted octanol–water partition coefficient (Wildman–Crippen LogP) is 5.26. The minimum atomic E-state index is 0.227. The van der Waals surface area contributed by atoms with Crippen LogP contribution in [0.1, 0.15) is 56.6 Å². The first kappa shape index (κ1) is 17.6. The van der Waals surface area contributed by atoms with Gasteiger partial charge in [-0.1, -0.05) is 25.3 Å². The lowest BCUT2D eigenvalue weighted by molar-refractivity contribution is 0.404. The Morgan fingerprint density at radius 2 is 1.89 bits per heavy atom. The normalized spacial score (nSPS) is 22.8. The van der Waals surface area contributed by atoms with Crippen LogP contribution in [-0.2, 0) is 0 Å². The Morgan fingerprint density at radius 3 is 2.71 bits per heavy atom. The molecule has 28 heavy (non-hydrogen) atoms. The van der Waals surface area contributed by atoms with Crippen LogP contribution in [-0.4, -0.2) is 22.1 Å². The molecule has 2 aliphatic rings. The average molecular weight is 376 g/mol. The smallest absolute Gasteiger partial charge is 0.130 e. The molecule has 0 aliphatic heterocycles. The third-order valence-electron chi connectivity index (χ3n) is 6.40. The monoisotopic (exact) mass is 375 g/mol. The van der Waals surface area contributed by atoms with Crippen LogP contribution < -0.4 is 16.4 Å². The Labute approximate surface area is 166 Å². The van der Waals surface area contributed by atoms with Crippen molar-refractivity contribution in [3.8, 4) is 0 Å². The van der Waals surface area contributed by atoms with Gasteiger partial charge in [-0.2, -0.15) is 0 Å². The van der Waals surface area contributed by atoms with Gasteiger partial charge in [0.1, 0.15) is 5.82 Å². The highest BCUT2D eigenvalue weighted by Crippen LogP contribution is 2.36. The number of aromatic amines is 1. The van der Waals surface area contributed by atoms with E-state index in [1.165, 1.54) is 43.2 Å². The Balaban J connectivity index is 1.42. The summed E-state index contributed by atoms with van der Waals surface area (Å²) in [6.07, 6.45) is 10.6. The van der Waals surface area contributed by atoms with Gasteiger partial charge in [0.05, 0.1) is 5.69 Å². The molecule has 2 saturated carbocycles. The average Bonchev–Trinajstić information content (AvgIpc) is 3.12. The van der Waals surface area contributed by atoms with Crippen molar-refractivity contribution in [1.29, 1.82) is 0 Å². The number of fused-ring (bicyclic) bond motifs is 1. The summed E-state index contributed by atoms with van der Waals surface area (Å²) < 4.78 is 0. The van der Waals surface area contributed by atoms with Crippen molar-refractivity contribution in [3.05, 3.63) is 48.3 Å². The number of anilines is 3. The molecule has 5 rings (SSSR count). The van der Waals surface area contributed by atoms with Crippen LogP contribution >= 0.6 is 0 Å². The molecule has 0 amide bonds. The quantitative estimate of drug-likeness (QED) is 0.491. The summed E-state index contributed by atoms with van der Waals surface area (Å²) in [7, 11) is 0. The molecule has 5 heteroatoms. The topological polar surface area (TPSA) is 78.8 Å². The van der Waals surface area contributed by atoms with E-state index in [1.807, 2.05) is 6.20 Å². The highest BCUT2D eigenvalue weighted by atomic mass is 15.0. The molecule has 2 fully saturated rings. The summed E-state index contributed by atoms with van der Waals surface area (Å²) in [5.74, 6) is 1.55. The third kappa shape index (κ3) is 3.47. The van der Waals surface area contributed by atoms with Crippen LogP contribution in [0.15, 0.2) is 42.6 Å². The summed E-state index contributed by atoms with van der Waals surface area (Å²) in [4.78, 5) is 8.23. The van der Waals surface area contributed by atoms with Crippen LogP contribution in [0.2, 0.25) is 0 Å². The molecule has 146 valence electrons. The van der Waals surface area contributed by atoms with Gasteiger partial charge in [0.15, 0.2) is 0 Å². The number of nitrogens with two attached hydrogens (primary N) is 1. The van der Waals surface area contributed by atoms with Gasteiger partial charge in [0.2, 0.25) is 0 Å². The second kappa shape index (κ2) is 7.47. The van der Waals surface area contributed by atoms with Crippen LogP contribution in [0.4, 0.5) is 17.2 Å². The molecule has 0 unspecified atom stereocenters. The van der Waals surface area contributed by atoms with E-state index in [1.54, 1.807) is 0 Å². The van der Waals surface area contributed by atoms with E-state index in [-0.39, 0.29) is 6.04 Å². The van der Waals surface area contributed by atoms with Crippen molar-refractivity contribution in [2.45, 2.75) is 62.9 Å². The number of pyridine rings is 1. The highest BCUT2D eigenvalue weighted by molar-refractivity contribution is 5.96. The van der Waals surface area contributed by atoms with Crippen LogP contribution in [0.3, 0.4) is 0 Å². The molecule has 0 spiro atoms. The summed E-state index contributed by atoms with van der Waals surface area (Å²) in [6.45, 7) is 0. The van der Waals surface area contributed by atoms with Gasteiger partial charge in [-0.05, 0) is 56.0 Å². The summed E-state index contributed by atoms with van der Waals surface area (Å²) >= 11 is 0. The molecular weight excluding hydrogens is 346 g/mol. The molecule has 5 nitrogen and oxygen atoms in total. The SMILES string of the molecule is N[C@H]1CCCC[C@H]1Nc1cc(Nc2cccc(C3CCC3)n2)c2cc[nH]c2c1. The fourth-order valence-electron chi connectivity index (χ4n) is 4.50. The van der Waals surface area contributed by atoms with Crippen molar-refractivity contribution in [2.24, 2.45) is 5.73 Å². The van der Waals surface area contributed by atoms with Gasteiger partial charge in [-0.15, -0.1) is 0 Å². The second-order valence-corrected chi connectivity index (χ2v) is 8.36. The van der Waals surface area contributed by atoms with Gasteiger partial charge >= 0.3 is 0 Å². The summed E-state index contributed by atoms with van der Waals surface area (Å²) in [5.41, 5.74) is 10.9. The van der Waals surface area contributed by atoms with E-state index < -0.39 is 0 Å². The van der Waals surface area contributed by atoms with Crippen LogP contribution in [0.5, 0.6) is 0 Å². The fourth-order valence-corrected chi connectivity index (χ4v) is 4.50. The molecule has 2 heterocycles. The van der Waals surface area contributed by atoms with Crippen molar-refractivity contribution in [2.75, 3.05) is 10.6 Å². The van der Waals surface area contributed by atoms with Gasteiger partial charge < -0.3 is 21.4 Å². The Kier molecular flexibility index (Phi) is 4.69. The van der Waals surface area contributed by atoms with Crippen LogP contribution in [0, 0.1) is 0 Å². The van der Waals surface area contributed by atoms with Crippen molar-refractivity contribution in [3.63, 3.8) is 0 Å². The third-order valence-corrected chi connectivity index (χ3v) is 6.40. The Hall–Kier alpha value is -2.53. The van der Waals surface area contributed by atoms with E-state index in [9.17, 15) is 0 Å². The number of nitrogens with zero attached hydrogens (tertiary/aromatic N) is 1. The molecular formula is C23H29N5. The molecule has 1 aromatic carbocycles. The van der Waals surface area contributed by atoms with Gasteiger partial charge in [-0.3, -0.25) is 0 Å². The molecule has 2 aliphatic carbocycles. The molecule has 0 radical (unpaired) electrons. The lowest BCUT2D eigenvalue weighted by Crippen LogP contribution is -2.42. The fraction of sp³-hybridized carbons (Fsp3) is 0.435. The standard InChI is InChI=1S/C23H29N5/c24-18-7-1-2-8-20(18)26-16-13-21-17(11-12-25-21)22(14-16)28-23-10-4-9-19(27-23)15-5-3-6-15/h4,9-15,18,20,25-26H,1-3,5-8,24H2,(H,27,28)/t18-,20+/m0/s1. The van der Waals surface area contributed by atoms with Crippen LogP contribution in [0.25, 0.3) is 10.9 Å². The number of rotatable bonds is 5. The Morgan fingerprint density at radius 1 is 1.00 bits per heavy atom. The maximum Gasteiger partial charge on any atom is 0.130 e. The maximum atomic E-state index is 6.35. The number of aromatic nitrogens is 2. The lowest BCUT2D eigenvalue weighted by Gasteiger charge is -2.30. The zero-order valence-corrected chi connectivity index (χ0v) is 16.2. The zero-order chi connectivity index (χ0) is 18.9. The van der Waals surface area contributed by atoms with Gasteiger partial charge in [0, 0.05) is 46.5 Å².